The molecule has 0 spiro atoms. The van der Waals surface area contributed by atoms with Crippen LogP contribution in [0.3, 0.4) is 0 Å². The van der Waals surface area contributed by atoms with Crippen molar-refractivity contribution in [2.24, 2.45) is 0 Å². The van der Waals surface area contributed by atoms with Gasteiger partial charge in [0.15, 0.2) is 6.61 Å². The molecule has 0 bridgehead atoms. The second-order valence-electron chi connectivity index (χ2n) is 4.56. The van der Waals surface area contributed by atoms with Crippen LogP contribution in [0.15, 0.2) is 18.2 Å². The number of hydrogen-bond acceptors (Lipinski definition) is 5. The van der Waals surface area contributed by atoms with Gasteiger partial charge in [0.1, 0.15) is 5.75 Å². The fourth-order valence-corrected chi connectivity index (χ4v) is 1.87. The summed E-state index contributed by atoms with van der Waals surface area (Å²) in [6.45, 7) is 2.02. The standard InChI is InChI=1S/C13H18N2O4/c1-8(14-5-10(17)6-16)9-2-3-12-11(4-9)15-13(18)7-19-12/h2-4,8,10,14,16-17H,5-7H2,1H3,(H,15,18). The van der Waals surface area contributed by atoms with E-state index in [1.807, 2.05) is 25.1 Å². The van der Waals surface area contributed by atoms with Crippen LogP contribution in [0.5, 0.6) is 5.75 Å². The van der Waals surface area contributed by atoms with Crippen LogP contribution in [0.2, 0.25) is 0 Å². The molecule has 0 aliphatic carbocycles. The molecule has 1 heterocycles. The van der Waals surface area contributed by atoms with Crippen molar-refractivity contribution in [2.45, 2.75) is 19.1 Å². The number of nitrogens with one attached hydrogen (secondary N) is 2. The summed E-state index contributed by atoms with van der Waals surface area (Å²) < 4.78 is 5.28. The summed E-state index contributed by atoms with van der Waals surface area (Å²) in [5.74, 6) is 0.493. The van der Waals surface area contributed by atoms with E-state index < -0.39 is 6.10 Å². The van der Waals surface area contributed by atoms with Gasteiger partial charge in [-0.25, -0.2) is 0 Å². The van der Waals surface area contributed by atoms with Gasteiger partial charge in [-0.2, -0.15) is 0 Å². The molecule has 6 heteroatoms. The first kappa shape index (κ1) is 13.8. The molecule has 104 valence electrons. The lowest BCUT2D eigenvalue weighted by Crippen LogP contribution is -2.31. The molecular weight excluding hydrogens is 248 g/mol. The second-order valence-corrected chi connectivity index (χ2v) is 4.56. The number of hydrogen-bond donors (Lipinski definition) is 4. The Kier molecular flexibility index (Phi) is 4.36. The lowest BCUT2D eigenvalue weighted by Gasteiger charge is -2.21. The number of anilines is 1. The Hall–Kier alpha value is -1.63. The van der Waals surface area contributed by atoms with Gasteiger partial charge in [-0.3, -0.25) is 4.79 Å². The summed E-state index contributed by atoms with van der Waals surface area (Å²) in [6.07, 6.45) is -0.775. The minimum absolute atomic E-state index is 0.00896. The topological polar surface area (TPSA) is 90.8 Å². The Balaban J connectivity index is 2.04. The third-order valence-corrected chi connectivity index (χ3v) is 3.01. The van der Waals surface area contributed by atoms with Crippen molar-refractivity contribution >= 4 is 11.6 Å². The number of aliphatic hydroxyl groups is 2. The molecule has 1 aromatic carbocycles. The first-order valence-electron chi connectivity index (χ1n) is 6.19. The van der Waals surface area contributed by atoms with Gasteiger partial charge in [0, 0.05) is 12.6 Å². The molecule has 1 aliphatic heterocycles. The van der Waals surface area contributed by atoms with E-state index in [9.17, 15) is 9.90 Å². The van der Waals surface area contributed by atoms with Gasteiger partial charge >= 0.3 is 0 Å². The molecule has 0 fully saturated rings. The SMILES string of the molecule is CC(NCC(O)CO)c1ccc2c(c1)NC(=O)CO2. The maximum atomic E-state index is 11.2. The smallest absolute Gasteiger partial charge is 0.262 e. The van der Waals surface area contributed by atoms with Crippen molar-refractivity contribution in [3.05, 3.63) is 23.8 Å². The zero-order chi connectivity index (χ0) is 13.8. The number of carbonyl (C=O) groups is 1. The zero-order valence-electron chi connectivity index (χ0n) is 10.7. The predicted octanol–water partition coefficient (Wildman–Crippen LogP) is 0.0213. The fourth-order valence-electron chi connectivity index (χ4n) is 1.87. The molecule has 1 aliphatic rings. The Morgan fingerprint density at radius 2 is 2.32 bits per heavy atom. The second kappa shape index (κ2) is 6.01. The number of carbonyl (C=O) groups excluding carboxylic acids is 1. The molecule has 0 saturated carbocycles. The molecule has 0 radical (unpaired) electrons. The maximum absolute atomic E-state index is 11.2. The maximum Gasteiger partial charge on any atom is 0.262 e. The summed E-state index contributed by atoms with van der Waals surface area (Å²) in [6, 6.07) is 5.55. The minimum atomic E-state index is -0.775. The van der Waals surface area contributed by atoms with Crippen LogP contribution < -0.4 is 15.4 Å². The van der Waals surface area contributed by atoms with Crippen LogP contribution in [-0.2, 0) is 4.79 Å². The summed E-state index contributed by atoms with van der Waals surface area (Å²) in [5, 5.41) is 23.9. The highest BCUT2D eigenvalue weighted by Gasteiger charge is 2.17. The van der Waals surface area contributed by atoms with Crippen LogP contribution in [0.4, 0.5) is 5.69 Å². The van der Waals surface area contributed by atoms with Crippen LogP contribution in [-0.4, -0.2) is 42.0 Å². The number of rotatable bonds is 5. The quantitative estimate of drug-likeness (QED) is 0.603. The van der Waals surface area contributed by atoms with E-state index in [4.69, 9.17) is 9.84 Å². The number of aliphatic hydroxyl groups excluding tert-OH is 2. The van der Waals surface area contributed by atoms with Crippen molar-refractivity contribution in [3.8, 4) is 5.75 Å². The van der Waals surface area contributed by atoms with E-state index in [1.54, 1.807) is 0 Å². The lowest BCUT2D eigenvalue weighted by atomic mass is 10.1. The zero-order valence-corrected chi connectivity index (χ0v) is 10.7. The van der Waals surface area contributed by atoms with Gasteiger partial charge in [-0.1, -0.05) is 6.07 Å². The highest BCUT2D eigenvalue weighted by molar-refractivity contribution is 5.95. The monoisotopic (exact) mass is 266 g/mol. The summed E-state index contributed by atoms with van der Waals surface area (Å²) in [5.41, 5.74) is 1.62. The Labute approximate surface area is 111 Å². The van der Waals surface area contributed by atoms with Crippen molar-refractivity contribution in [1.82, 2.24) is 5.32 Å². The lowest BCUT2D eigenvalue weighted by molar-refractivity contribution is -0.118. The van der Waals surface area contributed by atoms with E-state index in [1.165, 1.54) is 0 Å². The van der Waals surface area contributed by atoms with E-state index in [2.05, 4.69) is 10.6 Å². The first-order chi connectivity index (χ1) is 9.10. The molecule has 0 saturated heterocycles. The third kappa shape index (κ3) is 3.44. The number of amides is 1. The Morgan fingerprint density at radius 3 is 3.05 bits per heavy atom. The van der Waals surface area contributed by atoms with Gasteiger partial charge < -0.3 is 25.6 Å². The summed E-state index contributed by atoms with van der Waals surface area (Å²) in [7, 11) is 0. The third-order valence-electron chi connectivity index (χ3n) is 3.01. The molecule has 0 aromatic heterocycles. The van der Waals surface area contributed by atoms with Crippen molar-refractivity contribution in [3.63, 3.8) is 0 Å². The minimum Gasteiger partial charge on any atom is -0.482 e. The average molecular weight is 266 g/mol. The summed E-state index contributed by atoms with van der Waals surface area (Å²) in [4.78, 5) is 11.2. The molecule has 1 amide bonds. The predicted molar refractivity (Wildman–Crippen MR) is 70.1 cm³/mol. The highest BCUT2D eigenvalue weighted by Crippen LogP contribution is 2.30. The van der Waals surface area contributed by atoms with Crippen LogP contribution in [0.25, 0.3) is 0 Å². The van der Waals surface area contributed by atoms with Crippen LogP contribution in [0.1, 0.15) is 18.5 Å². The van der Waals surface area contributed by atoms with E-state index in [0.29, 0.717) is 18.0 Å². The number of benzene rings is 1. The van der Waals surface area contributed by atoms with Crippen molar-refractivity contribution in [2.75, 3.05) is 25.1 Å². The van der Waals surface area contributed by atoms with E-state index in [-0.39, 0.29) is 25.2 Å². The van der Waals surface area contributed by atoms with Crippen LogP contribution in [0, 0.1) is 0 Å². The number of fused-ring (bicyclic) bond motifs is 1. The molecular formula is C13H18N2O4. The molecule has 1 aromatic rings. The van der Waals surface area contributed by atoms with Gasteiger partial charge in [-0.05, 0) is 24.6 Å². The molecule has 2 rings (SSSR count). The van der Waals surface area contributed by atoms with E-state index >= 15 is 0 Å². The van der Waals surface area contributed by atoms with Crippen molar-refractivity contribution < 1.29 is 19.7 Å². The van der Waals surface area contributed by atoms with Crippen LogP contribution >= 0.6 is 0 Å². The largest absolute Gasteiger partial charge is 0.482 e. The first-order valence-corrected chi connectivity index (χ1v) is 6.19. The molecule has 2 atom stereocenters. The molecule has 2 unspecified atom stereocenters. The molecule has 19 heavy (non-hydrogen) atoms. The van der Waals surface area contributed by atoms with Gasteiger partial charge in [-0.15, -0.1) is 0 Å². The van der Waals surface area contributed by atoms with Crippen molar-refractivity contribution in [1.29, 1.82) is 0 Å². The van der Waals surface area contributed by atoms with Gasteiger partial charge in [0.05, 0.1) is 18.4 Å². The normalized spacial score (nSPS) is 17.1. The Bertz CT molecular complexity index is 464. The van der Waals surface area contributed by atoms with Gasteiger partial charge in [0.2, 0.25) is 0 Å². The summed E-state index contributed by atoms with van der Waals surface area (Å²) >= 11 is 0. The molecule has 6 nitrogen and oxygen atoms in total. The molecule has 4 N–H and O–H groups in total. The average Bonchev–Trinajstić information content (AvgIpc) is 2.43. The Morgan fingerprint density at radius 1 is 1.53 bits per heavy atom. The van der Waals surface area contributed by atoms with Gasteiger partial charge in [0.25, 0.3) is 5.91 Å². The fraction of sp³-hybridized carbons (Fsp3) is 0.462. The van der Waals surface area contributed by atoms with E-state index in [0.717, 1.165) is 5.56 Å². The highest BCUT2D eigenvalue weighted by atomic mass is 16.5. The number of ether oxygens (including phenoxy) is 1.